The van der Waals surface area contributed by atoms with E-state index in [0.29, 0.717) is 18.5 Å². The maximum atomic E-state index is 13.9. The number of nitrogens with zero attached hydrogens (tertiary/aromatic N) is 2. The molecule has 8 heteroatoms. The van der Waals surface area contributed by atoms with Gasteiger partial charge in [-0.3, -0.25) is 13.9 Å². The largest absolute Gasteiger partial charge is 0.352 e. The summed E-state index contributed by atoms with van der Waals surface area (Å²) < 4.78 is 26.9. The molecule has 0 aromatic heterocycles. The molecule has 0 saturated heterocycles. The minimum absolute atomic E-state index is 0.120. The van der Waals surface area contributed by atoms with E-state index in [0.717, 1.165) is 48.6 Å². The third kappa shape index (κ3) is 7.57. The number of nitrogens with one attached hydrogen (secondary N) is 1. The van der Waals surface area contributed by atoms with Crippen molar-refractivity contribution in [3.8, 4) is 0 Å². The van der Waals surface area contributed by atoms with Gasteiger partial charge in [-0.2, -0.15) is 0 Å². The fourth-order valence-electron chi connectivity index (χ4n) is 5.08. The molecule has 0 aliphatic heterocycles. The van der Waals surface area contributed by atoms with Crippen molar-refractivity contribution in [2.45, 2.75) is 84.3 Å². The van der Waals surface area contributed by atoms with Gasteiger partial charge in [0.1, 0.15) is 12.6 Å². The molecular formula is C29H41N3O4S. The molecule has 37 heavy (non-hydrogen) atoms. The molecule has 1 aliphatic rings. The smallest absolute Gasteiger partial charge is 0.244 e. The van der Waals surface area contributed by atoms with Crippen LogP contribution in [-0.2, 0) is 32.6 Å². The topological polar surface area (TPSA) is 86.8 Å². The Morgan fingerprint density at radius 3 is 2.19 bits per heavy atom. The standard InChI is InChI=1S/C29H41N3O4S/c1-5-23-15-12-13-19-27(23)32(37(4,35)36)21-28(33)31(20-24-16-11-10-14-22(24)3)26(6-2)29(34)30-25-17-8-7-9-18-25/h10-16,19,25-26H,5-9,17-18,20-21H2,1-4H3,(H,30,34)/t26-/m0/s1. The third-order valence-corrected chi connectivity index (χ3v) is 8.39. The highest BCUT2D eigenvalue weighted by atomic mass is 32.2. The Bertz CT molecular complexity index is 1180. The maximum absolute atomic E-state index is 13.9. The average molecular weight is 528 g/mol. The van der Waals surface area contributed by atoms with Gasteiger partial charge in [0.05, 0.1) is 11.9 Å². The minimum Gasteiger partial charge on any atom is -0.352 e. The summed E-state index contributed by atoms with van der Waals surface area (Å²) in [4.78, 5) is 29.0. The number of sulfonamides is 1. The second-order valence-corrected chi connectivity index (χ2v) is 11.9. The lowest BCUT2D eigenvalue weighted by molar-refractivity contribution is -0.140. The summed E-state index contributed by atoms with van der Waals surface area (Å²) in [5.41, 5.74) is 3.28. The van der Waals surface area contributed by atoms with Crippen LogP contribution in [0.15, 0.2) is 48.5 Å². The van der Waals surface area contributed by atoms with Crippen molar-refractivity contribution in [2.24, 2.45) is 0 Å². The molecule has 1 N–H and O–H groups in total. The lowest BCUT2D eigenvalue weighted by atomic mass is 9.95. The molecule has 7 nitrogen and oxygen atoms in total. The molecule has 2 aromatic rings. The van der Waals surface area contributed by atoms with Crippen molar-refractivity contribution in [1.29, 1.82) is 0 Å². The molecule has 0 spiro atoms. The highest BCUT2D eigenvalue weighted by Crippen LogP contribution is 2.25. The Hall–Kier alpha value is -2.87. The number of rotatable bonds is 11. The number of carbonyl (C=O) groups excluding carboxylic acids is 2. The second kappa shape index (κ2) is 13.1. The van der Waals surface area contributed by atoms with Crippen LogP contribution >= 0.6 is 0 Å². The number of hydrogen-bond donors (Lipinski definition) is 1. The van der Waals surface area contributed by atoms with Crippen LogP contribution in [0, 0.1) is 6.92 Å². The summed E-state index contributed by atoms with van der Waals surface area (Å²) >= 11 is 0. The molecule has 202 valence electrons. The molecule has 1 fully saturated rings. The first-order valence-corrected chi connectivity index (χ1v) is 15.2. The Balaban J connectivity index is 1.95. The van der Waals surface area contributed by atoms with Crippen molar-refractivity contribution in [3.63, 3.8) is 0 Å². The second-order valence-electron chi connectivity index (χ2n) is 9.97. The van der Waals surface area contributed by atoms with Crippen LogP contribution in [0.4, 0.5) is 5.69 Å². The van der Waals surface area contributed by atoms with Crippen LogP contribution in [0.5, 0.6) is 0 Å². The number of anilines is 1. The average Bonchev–Trinajstić information content (AvgIpc) is 2.88. The maximum Gasteiger partial charge on any atom is 0.244 e. The van der Waals surface area contributed by atoms with Crippen molar-refractivity contribution >= 4 is 27.5 Å². The van der Waals surface area contributed by atoms with E-state index in [1.54, 1.807) is 17.0 Å². The van der Waals surface area contributed by atoms with E-state index < -0.39 is 22.0 Å². The molecule has 0 unspecified atom stereocenters. The molecule has 2 aromatic carbocycles. The molecule has 2 amide bonds. The van der Waals surface area contributed by atoms with E-state index >= 15 is 0 Å². The minimum atomic E-state index is -3.75. The predicted octanol–water partition coefficient (Wildman–Crippen LogP) is 4.58. The zero-order valence-corrected chi connectivity index (χ0v) is 23.4. The summed E-state index contributed by atoms with van der Waals surface area (Å²) in [5.74, 6) is -0.568. The molecule has 1 aliphatic carbocycles. The van der Waals surface area contributed by atoms with Gasteiger partial charge in [-0.25, -0.2) is 8.42 Å². The number of aryl methyl sites for hydroxylation is 2. The number of para-hydroxylation sites is 1. The predicted molar refractivity (Wildman–Crippen MR) is 149 cm³/mol. The molecule has 0 heterocycles. The molecule has 1 atom stereocenters. The third-order valence-electron chi connectivity index (χ3n) is 7.26. The number of carbonyl (C=O) groups is 2. The van der Waals surface area contributed by atoms with Crippen molar-refractivity contribution in [2.75, 3.05) is 17.1 Å². The summed E-state index contributed by atoms with van der Waals surface area (Å²) in [6.07, 6.45) is 7.44. The van der Waals surface area contributed by atoms with Crippen molar-refractivity contribution in [3.05, 3.63) is 65.2 Å². The summed E-state index contributed by atoms with van der Waals surface area (Å²) in [6, 6.07) is 14.4. The SMILES string of the molecule is CCc1ccccc1N(CC(=O)N(Cc1ccccc1C)[C@@H](CC)C(=O)NC1CCCCC1)S(C)(=O)=O. The van der Waals surface area contributed by atoms with Gasteiger partial charge in [0.2, 0.25) is 21.8 Å². The molecular weight excluding hydrogens is 486 g/mol. The summed E-state index contributed by atoms with van der Waals surface area (Å²) in [7, 11) is -3.75. The van der Waals surface area contributed by atoms with E-state index in [9.17, 15) is 18.0 Å². The Morgan fingerprint density at radius 1 is 0.973 bits per heavy atom. The zero-order chi connectivity index (χ0) is 27.0. The Kier molecular flexibility index (Phi) is 10.1. The fourth-order valence-corrected chi connectivity index (χ4v) is 5.96. The van der Waals surface area contributed by atoms with Crippen molar-refractivity contribution < 1.29 is 18.0 Å². The molecule has 0 radical (unpaired) electrons. The molecule has 3 rings (SSSR count). The Morgan fingerprint density at radius 2 is 1.59 bits per heavy atom. The van der Waals surface area contributed by atoms with Gasteiger partial charge < -0.3 is 10.2 Å². The fraction of sp³-hybridized carbons (Fsp3) is 0.517. The summed E-state index contributed by atoms with van der Waals surface area (Å²) in [6.45, 7) is 5.68. The van der Waals surface area contributed by atoms with Crippen LogP contribution in [0.25, 0.3) is 0 Å². The molecule has 0 bridgehead atoms. The number of hydrogen-bond acceptors (Lipinski definition) is 4. The van der Waals surface area contributed by atoms with E-state index in [2.05, 4.69) is 5.32 Å². The molecule has 1 saturated carbocycles. The zero-order valence-electron chi connectivity index (χ0n) is 22.6. The normalized spacial score (nSPS) is 15.1. The van der Waals surface area contributed by atoms with E-state index in [1.807, 2.05) is 57.2 Å². The van der Waals surface area contributed by atoms with Gasteiger partial charge in [-0.1, -0.05) is 75.6 Å². The number of benzene rings is 2. The van der Waals surface area contributed by atoms with Crippen LogP contribution in [0.3, 0.4) is 0 Å². The quantitative estimate of drug-likeness (QED) is 0.463. The highest BCUT2D eigenvalue weighted by Gasteiger charge is 2.33. The van der Waals surface area contributed by atoms with Crippen LogP contribution in [0.1, 0.15) is 69.1 Å². The van der Waals surface area contributed by atoms with Crippen molar-refractivity contribution in [1.82, 2.24) is 10.2 Å². The van der Waals surface area contributed by atoms with Gasteiger partial charge in [-0.15, -0.1) is 0 Å². The van der Waals surface area contributed by atoms with E-state index in [1.165, 1.54) is 10.7 Å². The van der Waals surface area contributed by atoms with Crippen LogP contribution in [0.2, 0.25) is 0 Å². The first-order chi connectivity index (χ1) is 17.7. The van der Waals surface area contributed by atoms with Gasteiger partial charge >= 0.3 is 0 Å². The first kappa shape index (κ1) is 28.7. The van der Waals surface area contributed by atoms with Crippen LogP contribution < -0.4 is 9.62 Å². The highest BCUT2D eigenvalue weighted by molar-refractivity contribution is 7.92. The number of amides is 2. The van der Waals surface area contributed by atoms with Crippen LogP contribution in [-0.4, -0.2) is 50.0 Å². The monoisotopic (exact) mass is 527 g/mol. The van der Waals surface area contributed by atoms with E-state index in [4.69, 9.17) is 0 Å². The lowest BCUT2D eigenvalue weighted by Crippen LogP contribution is -2.54. The van der Waals surface area contributed by atoms with Gasteiger partial charge in [-0.05, 0) is 55.4 Å². The van der Waals surface area contributed by atoms with Gasteiger partial charge in [0, 0.05) is 12.6 Å². The van der Waals surface area contributed by atoms with Gasteiger partial charge in [0.15, 0.2) is 0 Å². The Labute approximate surface area is 222 Å². The lowest BCUT2D eigenvalue weighted by Gasteiger charge is -2.34. The first-order valence-electron chi connectivity index (χ1n) is 13.4. The summed E-state index contributed by atoms with van der Waals surface area (Å²) in [5, 5.41) is 3.17. The van der Waals surface area contributed by atoms with Gasteiger partial charge in [0.25, 0.3) is 0 Å². The van der Waals surface area contributed by atoms with E-state index in [-0.39, 0.29) is 25.0 Å².